The van der Waals surface area contributed by atoms with Gasteiger partial charge in [-0.2, -0.15) is 0 Å². The third kappa shape index (κ3) is 2.50. The van der Waals surface area contributed by atoms with E-state index in [1.807, 2.05) is 54.6 Å². The zero-order valence-corrected chi connectivity index (χ0v) is 15.5. The van der Waals surface area contributed by atoms with Crippen LogP contribution in [0.4, 0.5) is 11.6 Å². The number of aromatic nitrogens is 4. The number of nitrogens with one attached hydrogen (secondary N) is 1. The second kappa shape index (κ2) is 6.40. The highest BCUT2D eigenvalue weighted by atomic mass is 16.2. The molecule has 9 nitrogen and oxygen atoms in total. The molecular weight excluding hydrogens is 370 g/mol. The molecule has 2 aromatic carbocycles. The lowest BCUT2D eigenvalue weighted by molar-refractivity contribution is -0.134. The number of rotatable bonds is 3. The van der Waals surface area contributed by atoms with E-state index in [0.29, 0.717) is 13.0 Å². The number of fused-ring (bicyclic) bond motifs is 2. The van der Waals surface area contributed by atoms with Crippen molar-refractivity contribution >= 4 is 23.5 Å². The minimum Gasteiger partial charge on any atom is -0.367 e. The molecule has 3 aromatic rings. The molecule has 1 spiro atoms. The summed E-state index contributed by atoms with van der Waals surface area (Å²) in [6.45, 7) is 0.365. The van der Waals surface area contributed by atoms with E-state index in [9.17, 15) is 9.59 Å². The van der Waals surface area contributed by atoms with Crippen LogP contribution in [0.25, 0.3) is 0 Å². The van der Waals surface area contributed by atoms with E-state index in [1.165, 1.54) is 4.68 Å². The van der Waals surface area contributed by atoms with Crippen LogP contribution in [0.1, 0.15) is 23.6 Å². The van der Waals surface area contributed by atoms with E-state index < -0.39 is 11.5 Å². The van der Waals surface area contributed by atoms with Gasteiger partial charge < -0.3 is 16.0 Å². The Morgan fingerprint density at radius 3 is 2.69 bits per heavy atom. The number of tetrazole rings is 1. The average Bonchev–Trinajstić information content (AvgIpc) is 3.41. The third-order valence-corrected chi connectivity index (χ3v) is 5.87. The van der Waals surface area contributed by atoms with E-state index in [4.69, 9.17) is 5.73 Å². The molecule has 3 N–H and O–H groups in total. The van der Waals surface area contributed by atoms with Gasteiger partial charge in [-0.3, -0.25) is 9.59 Å². The topological polar surface area (TPSA) is 119 Å². The van der Waals surface area contributed by atoms with Crippen LogP contribution in [0.5, 0.6) is 0 Å². The summed E-state index contributed by atoms with van der Waals surface area (Å²) >= 11 is 0. The molecule has 5 rings (SSSR count). The number of anilines is 2. The fourth-order valence-corrected chi connectivity index (χ4v) is 4.60. The van der Waals surface area contributed by atoms with Crippen LogP contribution in [0, 0.1) is 0 Å². The van der Waals surface area contributed by atoms with Crippen molar-refractivity contribution in [1.29, 1.82) is 0 Å². The van der Waals surface area contributed by atoms with Gasteiger partial charge in [0.1, 0.15) is 12.0 Å². The lowest BCUT2D eigenvalue weighted by Gasteiger charge is -2.34. The van der Waals surface area contributed by atoms with Gasteiger partial charge >= 0.3 is 0 Å². The first-order chi connectivity index (χ1) is 14.1. The first-order valence-electron chi connectivity index (χ1n) is 9.38. The number of hydrogen-bond acceptors (Lipinski definition) is 6. The number of carbonyl (C=O) groups is 2. The van der Waals surface area contributed by atoms with Crippen molar-refractivity contribution in [3.63, 3.8) is 0 Å². The van der Waals surface area contributed by atoms with E-state index in [-0.39, 0.29) is 24.3 Å². The smallest absolute Gasteiger partial charge is 0.245 e. The monoisotopic (exact) mass is 389 g/mol. The maximum Gasteiger partial charge on any atom is 0.245 e. The Labute approximate surface area is 166 Å². The molecule has 0 saturated carbocycles. The second-order valence-corrected chi connectivity index (χ2v) is 7.32. The number of para-hydroxylation sites is 1. The van der Waals surface area contributed by atoms with Crippen LogP contribution in [0.3, 0.4) is 0 Å². The number of likely N-dealkylation sites (tertiary alicyclic amines) is 1. The molecule has 2 aliphatic heterocycles. The van der Waals surface area contributed by atoms with Crippen molar-refractivity contribution in [2.24, 2.45) is 0 Å². The molecule has 1 aromatic heterocycles. The molecule has 2 atom stereocenters. The minimum absolute atomic E-state index is 0.0764. The first kappa shape index (κ1) is 17.4. The minimum atomic E-state index is -0.834. The maximum absolute atomic E-state index is 13.3. The van der Waals surface area contributed by atoms with Crippen LogP contribution < -0.4 is 11.1 Å². The quantitative estimate of drug-likeness (QED) is 0.693. The molecule has 3 heterocycles. The Morgan fingerprint density at radius 1 is 1.17 bits per heavy atom. The zero-order chi connectivity index (χ0) is 20.0. The summed E-state index contributed by atoms with van der Waals surface area (Å²) in [5.74, 6) is -0.191. The van der Waals surface area contributed by atoms with E-state index in [2.05, 4.69) is 20.8 Å². The van der Waals surface area contributed by atoms with Gasteiger partial charge in [-0.25, -0.2) is 4.68 Å². The summed E-state index contributed by atoms with van der Waals surface area (Å²) in [4.78, 5) is 28.2. The molecule has 9 heteroatoms. The summed E-state index contributed by atoms with van der Waals surface area (Å²) in [6, 6.07) is 16.9. The maximum atomic E-state index is 13.3. The number of amides is 2. The van der Waals surface area contributed by atoms with Gasteiger partial charge in [-0.1, -0.05) is 53.6 Å². The molecular formula is C20H19N7O2. The molecule has 1 fully saturated rings. The van der Waals surface area contributed by atoms with Gasteiger partial charge in [-0.15, -0.1) is 0 Å². The van der Waals surface area contributed by atoms with Crippen LogP contribution in [0.15, 0.2) is 54.6 Å². The van der Waals surface area contributed by atoms with E-state index in [0.717, 1.165) is 16.8 Å². The number of nitrogens with zero attached hydrogens (tertiary/aromatic N) is 5. The normalized spacial score (nSPS) is 22.7. The Hall–Kier alpha value is -3.75. The largest absolute Gasteiger partial charge is 0.367 e. The first-order valence-corrected chi connectivity index (χ1v) is 9.38. The predicted molar refractivity (Wildman–Crippen MR) is 104 cm³/mol. The van der Waals surface area contributed by atoms with Crippen LogP contribution in [0.2, 0.25) is 0 Å². The zero-order valence-electron chi connectivity index (χ0n) is 15.5. The summed E-state index contributed by atoms with van der Waals surface area (Å²) < 4.78 is 1.26. The van der Waals surface area contributed by atoms with Crippen molar-refractivity contribution in [2.75, 3.05) is 17.6 Å². The van der Waals surface area contributed by atoms with Crippen LogP contribution in [-0.2, 0) is 21.5 Å². The van der Waals surface area contributed by atoms with Gasteiger partial charge in [0.15, 0.2) is 0 Å². The third-order valence-electron chi connectivity index (χ3n) is 5.87. The number of carbonyl (C=O) groups excluding carboxylic acids is 2. The second-order valence-electron chi connectivity index (χ2n) is 7.32. The highest BCUT2D eigenvalue weighted by Gasteiger charge is 2.59. The van der Waals surface area contributed by atoms with E-state index >= 15 is 0 Å². The Kier molecular flexibility index (Phi) is 3.83. The highest BCUT2D eigenvalue weighted by Crippen LogP contribution is 2.54. The molecule has 2 amide bonds. The Bertz CT molecular complexity index is 1100. The van der Waals surface area contributed by atoms with Crippen molar-refractivity contribution < 1.29 is 9.59 Å². The van der Waals surface area contributed by atoms with Gasteiger partial charge in [-0.05, 0) is 34.0 Å². The van der Waals surface area contributed by atoms with Gasteiger partial charge in [0.05, 0.1) is 6.04 Å². The number of nitrogens with two attached hydrogens (primary N) is 1. The fourth-order valence-electron chi connectivity index (χ4n) is 4.60. The van der Waals surface area contributed by atoms with Crippen molar-refractivity contribution in [3.05, 3.63) is 65.7 Å². The fraction of sp³-hybridized carbons (Fsp3) is 0.250. The SMILES string of the molecule is Nc1nnnn1CC(=O)N1CCC2(C(=O)Nc3ccccc32)C1c1ccccc1. The number of hydrogen-bond donors (Lipinski definition) is 2. The standard InChI is InChI=1S/C20H19N7O2/c21-19-23-24-25-27(19)12-16(28)26-11-10-20(17(26)13-6-2-1-3-7-13)14-8-4-5-9-15(14)22-18(20)29/h1-9,17H,10-12H2,(H,22,29)(H2,21,23,25). The average molecular weight is 389 g/mol. The van der Waals surface area contributed by atoms with Gasteiger partial charge in [0.25, 0.3) is 0 Å². The van der Waals surface area contributed by atoms with Crippen molar-refractivity contribution in [3.8, 4) is 0 Å². The summed E-state index contributed by atoms with van der Waals surface area (Å²) in [7, 11) is 0. The molecule has 2 aliphatic rings. The van der Waals surface area contributed by atoms with Crippen LogP contribution >= 0.6 is 0 Å². The Balaban J connectivity index is 1.60. The molecule has 0 bridgehead atoms. The molecule has 0 aliphatic carbocycles. The molecule has 146 valence electrons. The van der Waals surface area contributed by atoms with E-state index in [1.54, 1.807) is 4.90 Å². The molecule has 1 saturated heterocycles. The van der Waals surface area contributed by atoms with Gasteiger partial charge in [0.2, 0.25) is 17.8 Å². The molecule has 2 unspecified atom stereocenters. The number of benzene rings is 2. The summed E-state index contributed by atoms with van der Waals surface area (Å²) in [5, 5.41) is 13.9. The van der Waals surface area contributed by atoms with Crippen molar-refractivity contribution in [1.82, 2.24) is 25.1 Å². The lowest BCUT2D eigenvalue weighted by atomic mass is 9.72. The summed E-state index contributed by atoms with van der Waals surface area (Å²) in [6.07, 6.45) is 0.534. The number of nitrogen functional groups attached to an aromatic ring is 1. The Morgan fingerprint density at radius 2 is 1.93 bits per heavy atom. The highest BCUT2D eigenvalue weighted by molar-refractivity contribution is 6.07. The van der Waals surface area contributed by atoms with Crippen LogP contribution in [-0.4, -0.2) is 43.5 Å². The molecule has 0 radical (unpaired) electrons. The summed E-state index contributed by atoms with van der Waals surface area (Å²) in [5.41, 5.74) is 7.53. The predicted octanol–water partition coefficient (Wildman–Crippen LogP) is 1.12. The van der Waals surface area contributed by atoms with Gasteiger partial charge in [0, 0.05) is 12.2 Å². The van der Waals surface area contributed by atoms with Crippen molar-refractivity contribution in [2.45, 2.75) is 24.4 Å². The lowest BCUT2D eigenvalue weighted by Crippen LogP contribution is -2.43. The molecule has 29 heavy (non-hydrogen) atoms.